The Morgan fingerprint density at radius 2 is 0.947 bits per heavy atom. The number of aliphatic carboxylic acids is 8. The van der Waals surface area contributed by atoms with E-state index in [4.69, 9.17) is 18.9 Å². The summed E-state index contributed by atoms with van der Waals surface area (Å²) in [5, 5.41) is 83.6. The number of hydrogen-bond donors (Lipinski definition) is 10. The van der Waals surface area contributed by atoms with E-state index in [1.807, 2.05) is 0 Å². The third-order valence-corrected chi connectivity index (χ3v) is 37.2. The molecule has 0 radical (unpaired) electrons. The lowest BCUT2D eigenvalue weighted by Gasteiger charge is -2.73. The minimum Gasteiger partial charge on any atom is -0.481 e. The van der Waals surface area contributed by atoms with Crippen molar-refractivity contribution in [2.24, 2.45) is 222 Å². The second-order valence-electron chi connectivity index (χ2n) is 39.4. The van der Waals surface area contributed by atoms with Crippen molar-refractivity contribution < 1.29 is 137 Å². The fourth-order valence-corrected chi connectivity index (χ4v) is 36.7. The highest BCUT2D eigenvalue weighted by molar-refractivity contribution is 6.10. The van der Waals surface area contributed by atoms with Gasteiger partial charge >= 0.3 is 71.6 Å². The number of fused-ring (bicyclic) bond motifs is 1. The zero-order valence-corrected chi connectivity index (χ0v) is 62.9. The van der Waals surface area contributed by atoms with Crippen molar-refractivity contribution in [2.45, 2.75) is 141 Å². The number of carbonyl (C=O) groups is 16. The van der Waals surface area contributed by atoms with Crippen LogP contribution >= 0.6 is 0 Å². The zero-order valence-electron chi connectivity index (χ0n) is 62.9. The number of Topliss-reactive ketones (excluding diaryl/α,β-unsaturated/α-hetero) is 2. The number of carboxylic acids is 8. The van der Waals surface area contributed by atoms with Gasteiger partial charge in [-0.05, 0) is 268 Å². The second-order valence-corrected chi connectivity index (χ2v) is 39.4. The number of allylic oxidation sites excluding steroid dienone is 4. The highest BCUT2D eigenvalue weighted by Crippen LogP contribution is 3.10. The molecule has 18 fully saturated rings. The van der Waals surface area contributed by atoms with Gasteiger partial charge in [0.15, 0.2) is 35.6 Å². The van der Waals surface area contributed by atoms with Crippen LogP contribution in [-0.4, -0.2) is 174 Å². The molecule has 114 heavy (non-hydrogen) atoms. The average Bonchev–Trinajstić information content (AvgIpc) is 1.36. The number of carbonyl (C=O) groups excluding carboxylic acids is 8. The number of hydrogen-bond acceptors (Lipinski definition) is 20. The molecule has 20 rings (SSSR count). The molecule has 0 aromatic heterocycles. The quantitative estimate of drug-likeness (QED) is 0.0177. The molecule has 38 unspecified atom stereocenters. The molecule has 20 aliphatic carbocycles. The standard InChI is InChI=1S/C84H96N2O28/c1-79(75(107)113-26-42(89)85-40(73(103)104)6-10-46(95)96,76(108)114-27-43(90)86-41(74(105)106)7-11-47(97)98)81-15-13-30-18-33-17-29-12-14-80-23-36-20-35-19-34-16-28-2-5-39(81)53-48(28)54-50(34)63-65-61-58(54)57(53)64-60-56(52(30)69(64)81)49(33)55-51(29)68(80)66(62(55)59(60)61)70(65)82(67(35)63)83(84(36,80)82,77(109)111-24-37(87)21-31(71(99)100)3-8-44(91)92)78(110)112-25-38(88)22-32(72(101)102)4-9-45(93)94/h12,14,19,28-34,36,39-41,48-70H,2-11,13,15-18,20-27H2,1H3,(H,85,89)(H,86,90)(H,91,92)(H,93,94)(H,95,96)(H,97,98)(H,99,100)(H,101,102)(H,103,104)(H,105,106). The molecule has 610 valence electrons. The van der Waals surface area contributed by atoms with Gasteiger partial charge < -0.3 is 70.4 Å². The van der Waals surface area contributed by atoms with Crippen LogP contribution in [0.3, 0.4) is 0 Å². The molecule has 30 nitrogen and oxygen atoms in total. The van der Waals surface area contributed by atoms with Gasteiger partial charge in [0.1, 0.15) is 25.3 Å². The van der Waals surface area contributed by atoms with Gasteiger partial charge in [-0.3, -0.25) is 67.1 Å². The molecule has 10 N–H and O–H groups in total. The molecule has 0 aromatic rings. The fraction of sp³-hybridized carbons (Fsp3) is 0.762. The first-order valence-electron chi connectivity index (χ1n) is 41.8. The van der Waals surface area contributed by atoms with Crippen LogP contribution in [0.5, 0.6) is 0 Å². The Labute approximate surface area is 652 Å². The van der Waals surface area contributed by atoms with Crippen molar-refractivity contribution in [3.63, 3.8) is 0 Å². The Kier molecular flexibility index (Phi) is 16.1. The minimum absolute atomic E-state index is 0.00275. The van der Waals surface area contributed by atoms with Crippen molar-refractivity contribution in [1.82, 2.24) is 10.6 Å². The van der Waals surface area contributed by atoms with Crippen molar-refractivity contribution in [3.05, 3.63) is 23.8 Å². The number of ketones is 2. The largest absolute Gasteiger partial charge is 0.481 e. The van der Waals surface area contributed by atoms with Crippen molar-refractivity contribution in [3.8, 4) is 0 Å². The summed E-state index contributed by atoms with van der Waals surface area (Å²) in [6.07, 6.45) is 7.93. The van der Waals surface area contributed by atoms with Gasteiger partial charge in [-0.25, -0.2) is 9.59 Å². The number of carboxylic acid groups (broad SMARTS) is 8. The Hall–Kier alpha value is -8.60. The van der Waals surface area contributed by atoms with Crippen LogP contribution in [0.15, 0.2) is 23.8 Å². The van der Waals surface area contributed by atoms with E-state index in [1.54, 1.807) is 6.92 Å². The molecule has 0 aromatic carbocycles. The lowest BCUT2D eigenvalue weighted by molar-refractivity contribution is -0.260. The molecule has 18 saturated carbocycles. The van der Waals surface area contributed by atoms with Gasteiger partial charge in [-0.15, -0.1) is 0 Å². The molecule has 0 bridgehead atoms. The van der Waals surface area contributed by atoms with E-state index in [0.29, 0.717) is 32.1 Å². The molecule has 3 spiro atoms. The lowest BCUT2D eigenvalue weighted by atomic mass is 9.30. The molecular weight excluding hydrogens is 1480 g/mol. The molecule has 2 amide bonds. The predicted molar refractivity (Wildman–Crippen MR) is 376 cm³/mol. The zero-order chi connectivity index (χ0) is 80.1. The molecule has 38 atom stereocenters. The Morgan fingerprint density at radius 3 is 1.50 bits per heavy atom. The van der Waals surface area contributed by atoms with Crippen LogP contribution in [0, 0.1) is 222 Å². The summed E-state index contributed by atoms with van der Waals surface area (Å²) in [7, 11) is 0. The van der Waals surface area contributed by atoms with Gasteiger partial charge in [0.2, 0.25) is 0 Å². The first-order valence-corrected chi connectivity index (χ1v) is 41.8. The van der Waals surface area contributed by atoms with E-state index in [-0.39, 0.29) is 184 Å². The topological polar surface area (TPSA) is 496 Å². The van der Waals surface area contributed by atoms with Crippen LogP contribution in [-0.2, 0) is 95.7 Å². The first-order chi connectivity index (χ1) is 54.3. The number of esters is 4. The normalized spacial score (nSPS) is 47.1. The second kappa shape index (κ2) is 24.7. The van der Waals surface area contributed by atoms with E-state index in [2.05, 4.69) is 28.9 Å². The first kappa shape index (κ1) is 74.2. The summed E-state index contributed by atoms with van der Waals surface area (Å²) in [6, 6.07) is -3.40. The van der Waals surface area contributed by atoms with Crippen LogP contribution in [0.1, 0.15) is 129 Å². The Morgan fingerprint density at radius 1 is 0.465 bits per heavy atom. The number of rotatable bonds is 35. The van der Waals surface area contributed by atoms with E-state index in [9.17, 15) is 98.4 Å². The smallest absolute Gasteiger partial charge is 0.326 e. The van der Waals surface area contributed by atoms with Gasteiger partial charge in [-0.1, -0.05) is 23.8 Å². The molecular formula is C84H96N2O28. The summed E-state index contributed by atoms with van der Waals surface area (Å²) in [4.78, 5) is 222. The molecule has 0 heterocycles. The highest BCUT2D eigenvalue weighted by Gasteiger charge is 3.13. The van der Waals surface area contributed by atoms with Crippen molar-refractivity contribution in [2.75, 3.05) is 26.4 Å². The van der Waals surface area contributed by atoms with Gasteiger partial charge in [0.25, 0.3) is 11.8 Å². The monoisotopic (exact) mass is 1580 g/mol. The van der Waals surface area contributed by atoms with Crippen molar-refractivity contribution >= 4 is 95.0 Å². The fourth-order valence-electron chi connectivity index (χ4n) is 36.7. The van der Waals surface area contributed by atoms with E-state index < -0.39 is 235 Å². The Bertz CT molecular complexity index is 4370. The summed E-state index contributed by atoms with van der Waals surface area (Å²) in [5.41, 5.74) is -7.78. The van der Waals surface area contributed by atoms with Crippen LogP contribution in [0.4, 0.5) is 0 Å². The molecule has 30 heteroatoms. The SMILES string of the molecule is CC(C(=O)OCC(=O)NC(CCC(=O)O)C(=O)O)(C(=O)OCC(=O)NC(CCC(=O)O)C(=O)O)C12CCC3CC4CC5C=CC67CC8CC9=CC%10CC%11CCC1C1C%11C%11C%10C%10C%12C%13C%11C1C1C%11C%13C%13C(C4C%11C3C12)C5C6C%13C%12C1(C9%10)C(C(=O)OCC(=O)CC(CCC(=O)O)C(=O)O)(C(=O)OCC(=O)CC(CCC(=O)O)C(=O)O)C871. The van der Waals surface area contributed by atoms with Crippen molar-refractivity contribution in [1.29, 1.82) is 0 Å². The summed E-state index contributed by atoms with van der Waals surface area (Å²) < 4.78 is 25.4. The number of ether oxygens (including phenoxy) is 4. The number of nitrogens with one attached hydrogen (secondary N) is 2. The van der Waals surface area contributed by atoms with E-state index >= 15 is 19.2 Å². The van der Waals surface area contributed by atoms with Crippen LogP contribution in [0.25, 0.3) is 0 Å². The van der Waals surface area contributed by atoms with Gasteiger partial charge in [-0.2, -0.15) is 0 Å². The van der Waals surface area contributed by atoms with Gasteiger partial charge in [0.05, 0.1) is 11.8 Å². The molecule has 0 aliphatic heterocycles. The summed E-state index contributed by atoms with van der Waals surface area (Å²) >= 11 is 0. The minimum atomic E-state index is -2.31. The third kappa shape index (κ3) is 8.73. The van der Waals surface area contributed by atoms with Gasteiger partial charge in [0, 0.05) is 60.2 Å². The summed E-state index contributed by atoms with van der Waals surface area (Å²) in [6.45, 7) is -2.51. The third-order valence-electron chi connectivity index (χ3n) is 37.2. The molecule has 0 saturated heterocycles. The van der Waals surface area contributed by atoms with E-state index in [0.717, 1.165) is 25.7 Å². The summed E-state index contributed by atoms with van der Waals surface area (Å²) in [5.74, 6) is -22.3. The maximum atomic E-state index is 17.1. The van der Waals surface area contributed by atoms with Crippen LogP contribution in [0.2, 0.25) is 0 Å². The van der Waals surface area contributed by atoms with E-state index in [1.165, 1.54) is 5.57 Å². The maximum absolute atomic E-state index is 17.1. The predicted octanol–water partition coefficient (Wildman–Crippen LogP) is 4.77. The average molecular weight is 1580 g/mol. The number of amides is 2. The molecule has 20 aliphatic rings. The Balaban J connectivity index is 0.747. The van der Waals surface area contributed by atoms with Crippen LogP contribution < -0.4 is 10.6 Å². The lowest BCUT2D eigenvalue weighted by Crippen LogP contribution is -2.71. The highest BCUT2D eigenvalue weighted by atomic mass is 16.6. The maximum Gasteiger partial charge on any atom is 0.326 e.